The Morgan fingerprint density at radius 1 is 1.19 bits per heavy atom. The van der Waals surface area contributed by atoms with Crippen LogP contribution in [0.2, 0.25) is 0 Å². The lowest BCUT2D eigenvalue weighted by Crippen LogP contribution is -2.62. The summed E-state index contributed by atoms with van der Waals surface area (Å²) in [4.78, 5) is 19.9. The number of carbonyl (C=O) groups is 1. The molecule has 2 aromatic rings. The number of nitrogens with zero attached hydrogens (tertiary/aromatic N) is 2. The molecule has 1 aromatic heterocycles. The Morgan fingerprint density at radius 3 is 2.44 bits per heavy atom. The van der Waals surface area contributed by atoms with E-state index in [1.54, 1.807) is 0 Å². The summed E-state index contributed by atoms with van der Waals surface area (Å²) in [5, 5.41) is 2.35. The summed E-state index contributed by atoms with van der Waals surface area (Å²) in [5.74, 6) is -10.3. The normalized spacial score (nSPS) is 20.9. The highest BCUT2D eigenvalue weighted by molar-refractivity contribution is 6.02. The number of hydrogen-bond acceptors (Lipinski definition) is 6. The molecule has 0 radical (unpaired) electrons. The number of nitrogens with two attached hydrogens (primary N) is 1. The van der Waals surface area contributed by atoms with Gasteiger partial charge in [0, 0.05) is 11.3 Å². The van der Waals surface area contributed by atoms with Crippen molar-refractivity contribution in [2.45, 2.75) is 50.2 Å². The van der Waals surface area contributed by atoms with Crippen LogP contribution in [0.5, 0.6) is 5.75 Å². The van der Waals surface area contributed by atoms with Gasteiger partial charge in [-0.2, -0.15) is 17.6 Å². The van der Waals surface area contributed by atoms with Crippen molar-refractivity contribution in [2.75, 3.05) is 11.9 Å². The second-order valence-electron chi connectivity index (χ2n) is 8.59. The molecular formula is C22H21F7N4O3. The number of aliphatic imine (C=N–C) groups is 1. The number of carbonyl (C=O) groups excluding carboxylic acids is 1. The first-order valence-corrected chi connectivity index (χ1v) is 10.3. The SMILES string of the molecule is CC1(C)OC(N)=N[C@](C)(c2cc(NC(=O)c3ccc(OCC(F)(F)C(F)F)cn3)ccc2F)C1(F)F. The Kier molecular flexibility index (Phi) is 6.85. The number of amidine groups is 1. The van der Waals surface area contributed by atoms with Crippen LogP contribution in [-0.2, 0) is 10.3 Å². The van der Waals surface area contributed by atoms with Gasteiger partial charge in [0.2, 0.25) is 0 Å². The van der Waals surface area contributed by atoms with Crippen molar-refractivity contribution in [1.82, 2.24) is 4.98 Å². The van der Waals surface area contributed by atoms with Crippen LogP contribution in [0.15, 0.2) is 41.5 Å². The average Bonchev–Trinajstić information content (AvgIpc) is 2.77. The van der Waals surface area contributed by atoms with Crippen LogP contribution in [0.3, 0.4) is 0 Å². The smallest absolute Gasteiger partial charge is 0.340 e. The fourth-order valence-corrected chi connectivity index (χ4v) is 3.47. The summed E-state index contributed by atoms with van der Waals surface area (Å²) in [6.45, 7) is 1.52. The molecule has 1 aliphatic heterocycles. The van der Waals surface area contributed by atoms with Gasteiger partial charge >= 0.3 is 18.3 Å². The van der Waals surface area contributed by atoms with Crippen LogP contribution in [0.25, 0.3) is 0 Å². The van der Waals surface area contributed by atoms with Gasteiger partial charge in [0.15, 0.2) is 17.7 Å². The van der Waals surface area contributed by atoms with Gasteiger partial charge in [0.25, 0.3) is 11.9 Å². The first-order chi connectivity index (χ1) is 16.5. The quantitative estimate of drug-likeness (QED) is 0.513. The third kappa shape index (κ3) is 4.88. The zero-order valence-electron chi connectivity index (χ0n) is 19.1. The van der Waals surface area contributed by atoms with Gasteiger partial charge in [-0.05, 0) is 51.1 Å². The maximum Gasteiger partial charge on any atom is 0.340 e. The van der Waals surface area contributed by atoms with Crippen molar-refractivity contribution in [1.29, 1.82) is 0 Å². The number of benzene rings is 1. The van der Waals surface area contributed by atoms with Crippen molar-refractivity contribution in [3.63, 3.8) is 0 Å². The Morgan fingerprint density at radius 2 is 1.86 bits per heavy atom. The molecule has 1 aromatic carbocycles. The van der Waals surface area contributed by atoms with Crippen LogP contribution < -0.4 is 15.8 Å². The number of anilines is 1. The van der Waals surface area contributed by atoms with E-state index in [0.717, 1.165) is 57.3 Å². The topological polar surface area (TPSA) is 98.8 Å². The van der Waals surface area contributed by atoms with E-state index in [2.05, 4.69) is 20.0 Å². The lowest BCUT2D eigenvalue weighted by molar-refractivity contribution is -0.207. The Labute approximate surface area is 200 Å². The first kappa shape index (κ1) is 27.0. The van der Waals surface area contributed by atoms with Crippen LogP contribution in [0.1, 0.15) is 36.8 Å². The number of rotatable bonds is 7. The van der Waals surface area contributed by atoms with E-state index < -0.39 is 59.3 Å². The molecule has 0 fully saturated rings. The number of alkyl halides is 6. The zero-order valence-corrected chi connectivity index (χ0v) is 19.1. The molecule has 7 nitrogen and oxygen atoms in total. The predicted octanol–water partition coefficient (Wildman–Crippen LogP) is 4.73. The molecule has 3 rings (SSSR count). The summed E-state index contributed by atoms with van der Waals surface area (Å²) < 4.78 is 105. The van der Waals surface area contributed by atoms with Gasteiger partial charge < -0.3 is 20.5 Å². The van der Waals surface area contributed by atoms with E-state index in [-0.39, 0.29) is 17.1 Å². The molecular weight excluding hydrogens is 501 g/mol. The highest BCUT2D eigenvalue weighted by Crippen LogP contribution is 2.51. The minimum atomic E-state index is -4.38. The summed E-state index contributed by atoms with van der Waals surface area (Å²) in [5.41, 5.74) is 0.0242. The van der Waals surface area contributed by atoms with Gasteiger partial charge in [-0.25, -0.2) is 23.1 Å². The Bertz CT molecular complexity index is 1170. The van der Waals surface area contributed by atoms with E-state index in [1.165, 1.54) is 0 Å². The number of amides is 1. The van der Waals surface area contributed by atoms with Crippen LogP contribution in [-0.4, -0.2) is 47.4 Å². The predicted molar refractivity (Wildman–Crippen MR) is 114 cm³/mol. The number of ether oxygens (including phenoxy) is 2. The zero-order chi connectivity index (χ0) is 27.1. The second kappa shape index (κ2) is 9.13. The molecule has 0 unspecified atom stereocenters. The van der Waals surface area contributed by atoms with E-state index in [0.29, 0.717) is 0 Å². The lowest BCUT2D eigenvalue weighted by atomic mass is 9.77. The standard InChI is InChI=1S/C22H21F7N4O3/c1-19(2)22(28,29)20(3,33-18(30)36-19)13-8-11(4-6-14(13)23)32-16(34)15-7-5-12(9-31-15)35-10-21(26,27)17(24)25/h4-9,17H,10H2,1-3H3,(H2,30,33)(H,32,34)/t20-/m1/s1. The number of pyridine rings is 1. The summed E-state index contributed by atoms with van der Waals surface area (Å²) in [7, 11) is 0. The van der Waals surface area contributed by atoms with Crippen LogP contribution in [0.4, 0.5) is 36.4 Å². The monoisotopic (exact) mass is 522 g/mol. The molecule has 3 N–H and O–H groups in total. The van der Waals surface area contributed by atoms with E-state index in [4.69, 9.17) is 10.5 Å². The van der Waals surface area contributed by atoms with Crippen molar-refractivity contribution in [2.24, 2.45) is 10.7 Å². The summed E-state index contributed by atoms with van der Waals surface area (Å²) >= 11 is 0. The third-order valence-corrected chi connectivity index (χ3v) is 5.53. The molecule has 0 saturated heterocycles. The summed E-state index contributed by atoms with van der Waals surface area (Å²) in [6.07, 6.45) is -3.07. The molecule has 196 valence electrons. The van der Waals surface area contributed by atoms with Crippen molar-refractivity contribution < 1.29 is 45.0 Å². The van der Waals surface area contributed by atoms with Crippen molar-refractivity contribution in [3.8, 4) is 5.75 Å². The van der Waals surface area contributed by atoms with E-state index in [1.807, 2.05) is 0 Å². The molecule has 0 bridgehead atoms. The van der Waals surface area contributed by atoms with Gasteiger partial charge in [-0.3, -0.25) is 4.79 Å². The van der Waals surface area contributed by atoms with Gasteiger partial charge in [-0.15, -0.1) is 0 Å². The fourth-order valence-electron chi connectivity index (χ4n) is 3.47. The second-order valence-corrected chi connectivity index (χ2v) is 8.59. The lowest BCUT2D eigenvalue weighted by Gasteiger charge is -2.46. The Balaban J connectivity index is 1.82. The highest BCUT2D eigenvalue weighted by Gasteiger charge is 2.66. The molecule has 1 aliphatic rings. The van der Waals surface area contributed by atoms with Gasteiger partial charge in [-0.1, -0.05) is 0 Å². The summed E-state index contributed by atoms with van der Waals surface area (Å²) in [6, 6.07) is 4.46. The van der Waals surface area contributed by atoms with E-state index >= 15 is 8.78 Å². The molecule has 1 atom stereocenters. The number of nitrogens with one attached hydrogen (secondary N) is 1. The van der Waals surface area contributed by atoms with Crippen molar-refractivity contribution >= 4 is 17.6 Å². The Hall–Kier alpha value is -3.58. The largest absolute Gasteiger partial charge is 0.485 e. The third-order valence-electron chi connectivity index (χ3n) is 5.53. The van der Waals surface area contributed by atoms with Gasteiger partial charge in [0.05, 0.1) is 6.20 Å². The minimum absolute atomic E-state index is 0.0924. The molecule has 0 spiro atoms. The van der Waals surface area contributed by atoms with Crippen LogP contribution >= 0.6 is 0 Å². The van der Waals surface area contributed by atoms with Crippen molar-refractivity contribution in [3.05, 3.63) is 53.6 Å². The molecule has 0 aliphatic carbocycles. The number of aromatic nitrogens is 1. The molecule has 2 heterocycles. The first-order valence-electron chi connectivity index (χ1n) is 10.3. The minimum Gasteiger partial charge on any atom is -0.485 e. The molecule has 36 heavy (non-hydrogen) atoms. The fraction of sp³-hybridized carbons (Fsp3) is 0.409. The van der Waals surface area contributed by atoms with Gasteiger partial charge in [0.1, 0.15) is 17.3 Å². The average molecular weight is 522 g/mol. The molecule has 0 saturated carbocycles. The maximum absolute atomic E-state index is 15.3. The van der Waals surface area contributed by atoms with Crippen LogP contribution in [0, 0.1) is 5.82 Å². The number of hydrogen-bond donors (Lipinski definition) is 2. The molecule has 1 amide bonds. The molecule has 14 heteroatoms. The number of halogens is 7. The van der Waals surface area contributed by atoms with E-state index in [9.17, 15) is 26.7 Å². The highest BCUT2D eigenvalue weighted by atomic mass is 19.3. The maximum atomic E-state index is 15.3.